The third kappa shape index (κ3) is 3.07. The van der Waals surface area contributed by atoms with Gasteiger partial charge in [-0.3, -0.25) is 4.79 Å². The molecule has 1 N–H and O–H groups in total. The van der Waals surface area contributed by atoms with E-state index in [-0.39, 0.29) is 32.5 Å². The number of fused-ring (bicyclic) bond motifs is 1. The molecule has 0 saturated heterocycles. The molecule has 12 heteroatoms. The lowest BCUT2D eigenvalue weighted by molar-refractivity contribution is -0.140. The quantitative estimate of drug-likeness (QED) is 0.335. The monoisotopic (exact) mass is 448 g/mol. The van der Waals surface area contributed by atoms with E-state index in [1.165, 1.54) is 6.07 Å². The second-order valence-corrected chi connectivity index (χ2v) is 7.24. The molecule has 0 saturated carbocycles. The van der Waals surface area contributed by atoms with E-state index in [2.05, 4.69) is 15.1 Å². The maximum atomic E-state index is 13.8. The standard InChI is InChI=1S/C16H6Cl2F4N4OS/c17-13-6(4-7(19)14(18)24-13)8-5-10(27)26-15(23-8)11(9-2-1-3-28-9)12(25-26)16(20,21)22/h1-5,23H. The lowest BCUT2D eigenvalue weighted by Gasteiger charge is -2.07. The van der Waals surface area contributed by atoms with E-state index in [4.69, 9.17) is 23.2 Å². The second-order valence-electron chi connectivity index (χ2n) is 5.58. The van der Waals surface area contributed by atoms with Gasteiger partial charge in [0.05, 0.1) is 11.3 Å². The average Bonchev–Trinajstić information content (AvgIpc) is 3.24. The number of rotatable bonds is 2. The van der Waals surface area contributed by atoms with Crippen molar-refractivity contribution in [1.82, 2.24) is 19.6 Å². The molecule has 144 valence electrons. The van der Waals surface area contributed by atoms with Gasteiger partial charge in [-0.1, -0.05) is 29.3 Å². The number of hydrogen-bond donors (Lipinski definition) is 1. The average molecular weight is 449 g/mol. The van der Waals surface area contributed by atoms with Gasteiger partial charge < -0.3 is 4.98 Å². The zero-order valence-corrected chi connectivity index (χ0v) is 15.6. The second kappa shape index (κ2) is 6.57. The van der Waals surface area contributed by atoms with Crippen molar-refractivity contribution in [1.29, 1.82) is 0 Å². The van der Waals surface area contributed by atoms with Crippen LogP contribution >= 0.6 is 34.5 Å². The molecular weight excluding hydrogens is 443 g/mol. The fourth-order valence-corrected chi connectivity index (χ4v) is 3.87. The highest BCUT2D eigenvalue weighted by atomic mass is 35.5. The number of nitrogens with one attached hydrogen (secondary N) is 1. The molecule has 0 amide bonds. The molecule has 0 fully saturated rings. The Hall–Kier alpha value is -2.43. The predicted molar refractivity (Wildman–Crippen MR) is 97.3 cm³/mol. The summed E-state index contributed by atoms with van der Waals surface area (Å²) in [6.45, 7) is 0. The Morgan fingerprint density at radius 1 is 1.18 bits per heavy atom. The molecule has 0 aromatic carbocycles. The van der Waals surface area contributed by atoms with E-state index in [1.54, 1.807) is 11.4 Å². The van der Waals surface area contributed by atoms with Crippen molar-refractivity contribution < 1.29 is 17.6 Å². The van der Waals surface area contributed by atoms with E-state index < -0.39 is 28.4 Å². The summed E-state index contributed by atoms with van der Waals surface area (Å²) < 4.78 is 55.0. The molecule has 4 aromatic rings. The van der Waals surface area contributed by atoms with E-state index in [1.807, 2.05) is 0 Å². The number of halogens is 6. The van der Waals surface area contributed by atoms with Crippen molar-refractivity contribution in [2.45, 2.75) is 6.18 Å². The molecule has 0 bridgehead atoms. The predicted octanol–water partition coefficient (Wildman–Crippen LogP) is 5.28. The van der Waals surface area contributed by atoms with Crippen LogP contribution in [0.25, 0.3) is 27.3 Å². The first-order valence-corrected chi connectivity index (χ1v) is 9.09. The lowest BCUT2D eigenvalue weighted by Crippen LogP contribution is -2.15. The summed E-state index contributed by atoms with van der Waals surface area (Å²) in [6.07, 6.45) is -4.79. The Balaban J connectivity index is 2.08. The minimum Gasteiger partial charge on any atom is -0.339 e. The Kier molecular flexibility index (Phi) is 4.44. The highest BCUT2D eigenvalue weighted by molar-refractivity contribution is 7.13. The summed E-state index contributed by atoms with van der Waals surface area (Å²) in [5, 5.41) is 4.34. The third-order valence-electron chi connectivity index (χ3n) is 3.83. The van der Waals surface area contributed by atoms with Gasteiger partial charge in [-0.25, -0.2) is 9.37 Å². The highest BCUT2D eigenvalue weighted by Gasteiger charge is 2.39. The Labute approximate surface area is 167 Å². The molecule has 28 heavy (non-hydrogen) atoms. The first-order valence-electron chi connectivity index (χ1n) is 7.46. The van der Waals surface area contributed by atoms with Gasteiger partial charge in [0.15, 0.2) is 16.7 Å². The van der Waals surface area contributed by atoms with Crippen LogP contribution in [0, 0.1) is 5.82 Å². The summed E-state index contributed by atoms with van der Waals surface area (Å²) in [7, 11) is 0. The maximum absolute atomic E-state index is 13.8. The van der Waals surface area contributed by atoms with Gasteiger partial charge in [0.1, 0.15) is 10.8 Å². The van der Waals surface area contributed by atoms with Gasteiger partial charge in [0.2, 0.25) is 0 Å². The van der Waals surface area contributed by atoms with E-state index >= 15 is 0 Å². The van der Waals surface area contributed by atoms with Crippen molar-refractivity contribution in [2.24, 2.45) is 0 Å². The fraction of sp³-hybridized carbons (Fsp3) is 0.0625. The summed E-state index contributed by atoms with van der Waals surface area (Å²) in [4.78, 5) is 19.0. The molecular formula is C16H6Cl2F4N4OS. The largest absolute Gasteiger partial charge is 0.435 e. The summed E-state index contributed by atoms with van der Waals surface area (Å²) in [5.41, 5.74) is -2.63. The van der Waals surface area contributed by atoms with Crippen LogP contribution in [-0.2, 0) is 6.18 Å². The molecule has 0 radical (unpaired) electrons. The maximum Gasteiger partial charge on any atom is 0.435 e. The number of thiophene rings is 1. The molecule has 0 aliphatic heterocycles. The van der Waals surface area contributed by atoms with Crippen molar-refractivity contribution in [3.8, 4) is 21.7 Å². The number of H-pyrrole nitrogens is 1. The SMILES string of the molecule is O=c1cc(-c2cc(F)c(Cl)nc2Cl)[nH]c2c(-c3cccs3)c(C(F)(F)F)nn12. The first-order chi connectivity index (χ1) is 13.2. The fourth-order valence-electron chi connectivity index (χ4n) is 2.67. The van der Waals surface area contributed by atoms with Gasteiger partial charge in [-0.05, 0) is 17.5 Å². The number of hydrogen-bond acceptors (Lipinski definition) is 4. The Bertz CT molecular complexity index is 1260. The first kappa shape index (κ1) is 18.9. The number of aromatic amines is 1. The van der Waals surface area contributed by atoms with E-state index in [9.17, 15) is 22.4 Å². The lowest BCUT2D eigenvalue weighted by atomic mass is 10.1. The molecule has 4 rings (SSSR count). The van der Waals surface area contributed by atoms with Crippen LogP contribution in [0.1, 0.15) is 5.69 Å². The number of alkyl halides is 3. The number of nitrogens with zero attached hydrogens (tertiary/aromatic N) is 3. The molecule has 0 unspecified atom stereocenters. The van der Waals surface area contributed by atoms with Crippen LogP contribution in [0.5, 0.6) is 0 Å². The third-order valence-corrected chi connectivity index (χ3v) is 5.27. The van der Waals surface area contributed by atoms with Gasteiger partial charge in [0.25, 0.3) is 5.56 Å². The van der Waals surface area contributed by atoms with Crippen LogP contribution in [0.3, 0.4) is 0 Å². The van der Waals surface area contributed by atoms with Crippen LogP contribution < -0.4 is 5.56 Å². The van der Waals surface area contributed by atoms with Gasteiger partial charge >= 0.3 is 6.18 Å². The Morgan fingerprint density at radius 2 is 1.93 bits per heavy atom. The van der Waals surface area contributed by atoms with E-state index in [0.717, 1.165) is 23.5 Å². The summed E-state index contributed by atoms with van der Waals surface area (Å²) in [5.74, 6) is -0.898. The summed E-state index contributed by atoms with van der Waals surface area (Å²) >= 11 is 12.6. The van der Waals surface area contributed by atoms with Crippen LogP contribution in [-0.4, -0.2) is 19.6 Å². The van der Waals surface area contributed by atoms with Gasteiger partial charge in [-0.15, -0.1) is 11.3 Å². The molecule has 5 nitrogen and oxygen atoms in total. The Morgan fingerprint density at radius 3 is 2.57 bits per heavy atom. The van der Waals surface area contributed by atoms with Crippen LogP contribution in [0.15, 0.2) is 34.4 Å². The highest BCUT2D eigenvalue weighted by Crippen LogP contribution is 2.40. The van der Waals surface area contributed by atoms with Gasteiger partial charge in [-0.2, -0.15) is 22.8 Å². The topological polar surface area (TPSA) is 63.0 Å². The number of aromatic nitrogens is 4. The molecule has 0 spiro atoms. The van der Waals surface area contributed by atoms with Crippen LogP contribution in [0.4, 0.5) is 17.6 Å². The van der Waals surface area contributed by atoms with Crippen molar-refractivity contribution >= 4 is 40.2 Å². The zero-order valence-electron chi connectivity index (χ0n) is 13.3. The van der Waals surface area contributed by atoms with E-state index in [0.29, 0.717) is 4.52 Å². The molecule has 0 atom stereocenters. The number of pyridine rings is 1. The van der Waals surface area contributed by atoms with Gasteiger partial charge in [0, 0.05) is 16.5 Å². The molecule has 4 heterocycles. The zero-order chi connectivity index (χ0) is 20.2. The minimum absolute atomic E-state index is 0.0306. The van der Waals surface area contributed by atoms with Crippen LogP contribution in [0.2, 0.25) is 10.3 Å². The molecule has 4 aromatic heterocycles. The molecule has 0 aliphatic rings. The van der Waals surface area contributed by atoms with Crippen molar-refractivity contribution in [2.75, 3.05) is 0 Å². The van der Waals surface area contributed by atoms with Crippen molar-refractivity contribution in [3.05, 3.63) is 61.8 Å². The molecule has 0 aliphatic carbocycles. The normalized spacial score (nSPS) is 12.1. The van der Waals surface area contributed by atoms with Crippen molar-refractivity contribution in [3.63, 3.8) is 0 Å². The smallest absolute Gasteiger partial charge is 0.339 e. The minimum atomic E-state index is -4.79. The summed E-state index contributed by atoms with van der Waals surface area (Å²) in [6, 6.07) is 4.93.